The number of carbonyl (C=O) groups excluding carboxylic acids is 1. The molecule has 0 spiro atoms. The van der Waals surface area contributed by atoms with Crippen molar-refractivity contribution in [1.82, 2.24) is 9.62 Å². The fourth-order valence-electron chi connectivity index (χ4n) is 3.59. The number of hydrogen-bond acceptors (Lipinski definition) is 6. The van der Waals surface area contributed by atoms with Gasteiger partial charge < -0.3 is 20.9 Å². The second kappa shape index (κ2) is 12.4. The number of carbonyl (C=O) groups is 1. The number of nitrogens with one attached hydrogen (secondary N) is 1. The fraction of sp³-hybridized carbons (Fsp3) is 0.500. The van der Waals surface area contributed by atoms with Gasteiger partial charge in [0.1, 0.15) is 5.60 Å². The van der Waals surface area contributed by atoms with Crippen molar-refractivity contribution < 1.29 is 23.1 Å². The number of amides is 1. The van der Waals surface area contributed by atoms with Gasteiger partial charge in [-0.05, 0) is 69.4 Å². The van der Waals surface area contributed by atoms with Gasteiger partial charge in [-0.1, -0.05) is 44.2 Å². The lowest BCUT2D eigenvalue weighted by atomic mass is 10.0. The van der Waals surface area contributed by atoms with Crippen molar-refractivity contribution in [2.45, 2.75) is 70.1 Å². The van der Waals surface area contributed by atoms with E-state index in [1.165, 1.54) is 28.6 Å². The molecule has 0 fully saturated rings. The highest BCUT2D eigenvalue weighted by Crippen LogP contribution is 2.20. The molecule has 0 saturated heterocycles. The van der Waals surface area contributed by atoms with Gasteiger partial charge in [0.2, 0.25) is 10.0 Å². The Morgan fingerprint density at radius 2 is 1.66 bits per heavy atom. The van der Waals surface area contributed by atoms with E-state index < -0.39 is 33.9 Å². The summed E-state index contributed by atoms with van der Waals surface area (Å²) in [6, 6.07) is 14.9. The molecule has 0 aliphatic carbocycles. The highest BCUT2D eigenvalue weighted by molar-refractivity contribution is 7.89. The maximum atomic E-state index is 13.4. The average molecular weight is 506 g/mol. The number of nitrogens with zero attached hydrogens (tertiary/aromatic N) is 1. The summed E-state index contributed by atoms with van der Waals surface area (Å²) < 4.78 is 33.4. The molecule has 0 aliphatic rings. The van der Waals surface area contributed by atoms with Gasteiger partial charge in [0.25, 0.3) is 0 Å². The maximum Gasteiger partial charge on any atom is 0.407 e. The van der Waals surface area contributed by atoms with Crippen molar-refractivity contribution in [3.05, 3.63) is 60.2 Å². The summed E-state index contributed by atoms with van der Waals surface area (Å²) in [4.78, 5) is 12.6. The van der Waals surface area contributed by atoms with E-state index in [1.54, 1.807) is 20.8 Å². The minimum absolute atomic E-state index is 0.0207. The predicted octanol–water partition coefficient (Wildman–Crippen LogP) is 3.80. The van der Waals surface area contributed by atoms with Crippen LogP contribution in [-0.2, 0) is 21.2 Å². The summed E-state index contributed by atoms with van der Waals surface area (Å²) in [6.45, 7) is 9.11. The van der Waals surface area contributed by atoms with E-state index in [0.717, 1.165) is 5.56 Å². The van der Waals surface area contributed by atoms with Crippen LogP contribution in [0.25, 0.3) is 0 Å². The molecule has 2 aromatic rings. The molecular weight excluding hydrogens is 466 g/mol. The van der Waals surface area contributed by atoms with E-state index >= 15 is 0 Å². The first-order valence-electron chi connectivity index (χ1n) is 11.8. The molecule has 0 bridgehead atoms. The number of nitrogens with two attached hydrogens (primary N) is 1. The van der Waals surface area contributed by atoms with E-state index in [4.69, 9.17) is 10.5 Å². The van der Waals surface area contributed by atoms with Gasteiger partial charge in [-0.15, -0.1) is 0 Å². The monoisotopic (exact) mass is 505 g/mol. The number of alkyl carbamates (subject to hydrolysis) is 1. The van der Waals surface area contributed by atoms with Crippen molar-refractivity contribution in [3.63, 3.8) is 0 Å². The zero-order valence-corrected chi connectivity index (χ0v) is 22.1. The van der Waals surface area contributed by atoms with E-state index in [9.17, 15) is 18.3 Å². The van der Waals surface area contributed by atoms with Gasteiger partial charge in [-0.25, -0.2) is 13.2 Å². The van der Waals surface area contributed by atoms with Crippen LogP contribution in [0.2, 0.25) is 0 Å². The zero-order valence-electron chi connectivity index (χ0n) is 21.3. The Balaban J connectivity index is 2.26. The maximum absolute atomic E-state index is 13.4. The van der Waals surface area contributed by atoms with Crippen molar-refractivity contribution in [2.75, 3.05) is 18.8 Å². The van der Waals surface area contributed by atoms with Crippen LogP contribution in [0.15, 0.2) is 59.5 Å². The molecule has 2 aromatic carbocycles. The van der Waals surface area contributed by atoms with Crippen LogP contribution in [0.1, 0.15) is 46.6 Å². The third kappa shape index (κ3) is 9.51. The highest BCUT2D eigenvalue weighted by Gasteiger charge is 2.32. The van der Waals surface area contributed by atoms with Crippen LogP contribution in [0.5, 0.6) is 0 Å². The van der Waals surface area contributed by atoms with Crippen molar-refractivity contribution >= 4 is 21.8 Å². The number of sulfonamides is 1. The fourth-order valence-corrected chi connectivity index (χ4v) is 5.21. The number of aliphatic hydroxyl groups excluding tert-OH is 1. The topological polar surface area (TPSA) is 122 Å². The molecule has 0 saturated carbocycles. The first-order valence-corrected chi connectivity index (χ1v) is 13.3. The van der Waals surface area contributed by atoms with Crippen LogP contribution in [0.3, 0.4) is 0 Å². The summed E-state index contributed by atoms with van der Waals surface area (Å²) in [5.74, 6) is 0.0207. The lowest BCUT2D eigenvalue weighted by molar-refractivity contribution is 0.0391. The van der Waals surface area contributed by atoms with Gasteiger partial charge >= 0.3 is 6.09 Å². The molecule has 4 N–H and O–H groups in total. The quantitative estimate of drug-likeness (QED) is 0.399. The molecule has 35 heavy (non-hydrogen) atoms. The Hall–Kier alpha value is -2.62. The molecule has 0 radical (unpaired) electrons. The Bertz CT molecular complexity index is 1030. The summed E-state index contributed by atoms with van der Waals surface area (Å²) in [5, 5.41) is 13.9. The third-order valence-electron chi connectivity index (χ3n) is 5.23. The largest absolute Gasteiger partial charge is 0.444 e. The standard InChI is InChI=1S/C26H39N3O5S/c1-19(2)17-29(35(32,33)22-14-12-21(27)13-15-22)18-24(30)23(28-25(31)34-26(3,4)5)16-11-20-9-7-6-8-10-20/h6-10,12-15,19,23-24,30H,11,16-18,27H2,1-5H3,(H,28,31)/t23-,24+/m0/s1. The molecule has 2 atom stereocenters. The first-order chi connectivity index (χ1) is 16.3. The number of nitrogen functional groups attached to an aromatic ring is 1. The number of ether oxygens (including phenoxy) is 1. The van der Waals surface area contributed by atoms with Crippen LogP contribution >= 0.6 is 0 Å². The number of aliphatic hydroxyl groups is 1. The molecule has 8 nitrogen and oxygen atoms in total. The van der Waals surface area contributed by atoms with Crippen molar-refractivity contribution in [2.24, 2.45) is 5.92 Å². The molecule has 1 amide bonds. The normalized spacial score (nSPS) is 14.1. The predicted molar refractivity (Wildman–Crippen MR) is 138 cm³/mol. The second-order valence-corrected chi connectivity index (χ2v) is 12.1. The summed E-state index contributed by atoms with van der Waals surface area (Å²) >= 11 is 0. The lowest BCUT2D eigenvalue weighted by Gasteiger charge is -2.31. The molecule has 2 rings (SSSR count). The Morgan fingerprint density at radius 1 is 1.06 bits per heavy atom. The van der Waals surface area contributed by atoms with Gasteiger partial charge in [0.05, 0.1) is 17.0 Å². The molecule has 9 heteroatoms. The SMILES string of the molecule is CC(C)CN(C[C@@H](O)[C@H](CCc1ccccc1)NC(=O)OC(C)(C)C)S(=O)(=O)c1ccc(N)cc1. The Kier molecular flexibility index (Phi) is 10.1. The van der Waals surface area contributed by atoms with E-state index in [1.807, 2.05) is 44.2 Å². The van der Waals surface area contributed by atoms with Crippen molar-refractivity contribution in [3.8, 4) is 0 Å². The van der Waals surface area contributed by atoms with Crippen molar-refractivity contribution in [1.29, 1.82) is 0 Å². The molecule has 0 unspecified atom stereocenters. The smallest absolute Gasteiger partial charge is 0.407 e. The summed E-state index contributed by atoms with van der Waals surface area (Å²) in [6.07, 6.45) is -0.824. The molecule has 194 valence electrons. The lowest BCUT2D eigenvalue weighted by Crippen LogP contribution is -2.51. The highest BCUT2D eigenvalue weighted by atomic mass is 32.2. The number of anilines is 1. The van der Waals surface area contributed by atoms with E-state index in [-0.39, 0.29) is 23.9 Å². The minimum atomic E-state index is -3.89. The number of aryl methyl sites for hydroxylation is 1. The minimum Gasteiger partial charge on any atom is -0.444 e. The Morgan fingerprint density at radius 3 is 2.20 bits per heavy atom. The molecule has 0 heterocycles. The molecular formula is C26H39N3O5S. The van der Waals surface area contributed by atoms with Gasteiger partial charge in [-0.2, -0.15) is 4.31 Å². The number of rotatable bonds is 11. The van der Waals surface area contributed by atoms with Gasteiger partial charge in [0.15, 0.2) is 0 Å². The van der Waals surface area contributed by atoms with Crippen LogP contribution < -0.4 is 11.1 Å². The third-order valence-corrected chi connectivity index (χ3v) is 7.08. The average Bonchev–Trinajstić information content (AvgIpc) is 2.75. The van der Waals surface area contributed by atoms with Gasteiger partial charge in [-0.3, -0.25) is 0 Å². The second-order valence-electron chi connectivity index (χ2n) is 10.1. The summed E-state index contributed by atoms with van der Waals surface area (Å²) in [5.41, 5.74) is 6.52. The van der Waals surface area contributed by atoms with E-state index in [2.05, 4.69) is 5.32 Å². The first kappa shape index (κ1) is 28.6. The van der Waals surface area contributed by atoms with Crippen LogP contribution in [0, 0.1) is 5.92 Å². The number of benzene rings is 2. The zero-order chi connectivity index (χ0) is 26.2. The van der Waals surface area contributed by atoms with E-state index in [0.29, 0.717) is 18.5 Å². The summed E-state index contributed by atoms with van der Waals surface area (Å²) in [7, 11) is -3.89. The molecule has 0 aliphatic heterocycles. The van der Waals surface area contributed by atoms with Gasteiger partial charge in [0, 0.05) is 18.8 Å². The van der Waals surface area contributed by atoms with Crippen LogP contribution in [0.4, 0.5) is 10.5 Å². The van der Waals surface area contributed by atoms with Crippen LogP contribution in [-0.4, -0.2) is 54.8 Å². The Labute approximate surface area is 209 Å². The number of hydrogen-bond donors (Lipinski definition) is 3. The molecule has 0 aromatic heterocycles.